The highest BCUT2D eigenvalue weighted by Gasteiger charge is 2.24. The number of hydroxylamine groups is 2. The summed E-state index contributed by atoms with van der Waals surface area (Å²) in [5.74, 6) is -0.0431. The molecule has 0 aliphatic heterocycles. The van der Waals surface area contributed by atoms with Crippen molar-refractivity contribution >= 4 is 11.8 Å². The second-order valence-electron chi connectivity index (χ2n) is 11.8. The smallest absolute Gasteiger partial charge is 0.251 e. The zero-order valence-electron chi connectivity index (χ0n) is 24.4. The summed E-state index contributed by atoms with van der Waals surface area (Å²) in [5.41, 5.74) is 3.85. The Hall–Kier alpha value is -2.74. The maximum absolute atomic E-state index is 12.9. The molecule has 0 bridgehead atoms. The van der Waals surface area contributed by atoms with Crippen LogP contribution in [0.1, 0.15) is 90.1 Å². The summed E-state index contributed by atoms with van der Waals surface area (Å²) in [6, 6.07) is 16.1. The van der Waals surface area contributed by atoms with Crippen molar-refractivity contribution in [3.05, 3.63) is 76.0 Å². The van der Waals surface area contributed by atoms with E-state index < -0.39 is 0 Å². The molecule has 39 heavy (non-hydrogen) atoms. The van der Waals surface area contributed by atoms with E-state index in [-0.39, 0.29) is 23.9 Å². The first-order valence-electron chi connectivity index (χ1n) is 14.6. The van der Waals surface area contributed by atoms with Crippen molar-refractivity contribution in [3.8, 4) is 0 Å². The van der Waals surface area contributed by atoms with Crippen molar-refractivity contribution in [1.29, 1.82) is 0 Å². The monoisotopic (exact) mass is 536 g/mol. The van der Waals surface area contributed by atoms with E-state index in [9.17, 15) is 14.8 Å². The van der Waals surface area contributed by atoms with Gasteiger partial charge < -0.3 is 25.4 Å². The number of quaternary nitrogens is 1. The Bertz CT molecular complexity index is 1030. The molecule has 3 rings (SSSR count). The molecule has 0 heterocycles. The molecule has 7 heteroatoms. The summed E-state index contributed by atoms with van der Waals surface area (Å²) in [4.78, 5) is 25.5. The third-order valence-corrected chi connectivity index (χ3v) is 7.84. The molecule has 0 saturated heterocycles. The van der Waals surface area contributed by atoms with Crippen LogP contribution in [0.2, 0.25) is 0 Å². The number of nitrogens with one attached hydrogen (secondary N) is 2. The fourth-order valence-corrected chi connectivity index (χ4v) is 5.37. The largest absolute Gasteiger partial charge is 0.785 e. The number of hydrogen-bond acceptors (Lipinski definition) is 4. The molecule has 214 valence electrons. The van der Waals surface area contributed by atoms with Crippen molar-refractivity contribution in [3.63, 3.8) is 0 Å². The van der Waals surface area contributed by atoms with E-state index in [0.29, 0.717) is 17.7 Å². The summed E-state index contributed by atoms with van der Waals surface area (Å²) < 4.78 is 0.900. The lowest BCUT2D eigenvalue weighted by Crippen LogP contribution is -2.43. The van der Waals surface area contributed by atoms with Crippen LogP contribution in [-0.2, 0) is 13.0 Å². The number of amides is 2. The highest BCUT2D eigenvalue weighted by atomic mass is 16.5. The fourth-order valence-electron chi connectivity index (χ4n) is 5.37. The Balaban J connectivity index is 1.37. The number of aryl methyl sites for hydroxylation is 1. The molecule has 0 unspecified atom stereocenters. The van der Waals surface area contributed by atoms with Gasteiger partial charge in [-0.25, -0.2) is 0 Å². The normalized spacial score (nSPS) is 17.7. The Morgan fingerprint density at radius 3 is 1.72 bits per heavy atom. The van der Waals surface area contributed by atoms with Gasteiger partial charge in [0.2, 0.25) is 0 Å². The van der Waals surface area contributed by atoms with Crippen LogP contribution in [0, 0.1) is 5.21 Å². The number of carbonyl (C=O) groups excluding carboxylic acids is 2. The van der Waals surface area contributed by atoms with Gasteiger partial charge in [0.1, 0.15) is 6.54 Å². The minimum atomic E-state index is -0.0254. The van der Waals surface area contributed by atoms with Crippen LogP contribution in [0.25, 0.3) is 0 Å². The van der Waals surface area contributed by atoms with Gasteiger partial charge in [-0.3, -0.25) is 9.59 Å². The zero-order chi connectivity index (χ0) is 28.3. The van der Waals surface area contributed by atoms with E-state index in [4.69, 9.17) is 0 Å². The fraction of sp³-hybridized carbons (Fsp3) is 0.562. The predicted molar refractivity (Wildman–Crippen MR) is 158 cm³/mol. The van der Waals surface area contributed by atoms with Gasteiger partial charge in [0.15, 0.2) is 0 Å². The SMILES string of the molecule is CCc1ccc(C(=O)NC2CCC(NC(=O)c3ccc(C[N+](C)(C)CCCCCCN(C)[O-])cc3)CC2)cc1. The molecule has 0 aromatic heterocycles. The second kappa shape index (κ2) is 15.2. The standard InChI is InChI=1S/C32H48N4O3/c1-5-25-10-14-27(15-11-25)31(37)33-29-18-20-30(21-19-29)34-32(38)28-16-12-26(13-17-28)24-36(3,4)23-9-7-6-8-22-35(2)39/h10-17,29-30H,5-9,18-24H2,1-4H3,(H,33,37)(H,34,38). The summed E-state index contributed by atoms with van der Waals surface area (Å²) in [7, 11) is 6.07. The Kier molecular flexibility index (Phi) is 12.0. The van der Waals surface area contributed by atoms with Crippen LogP contribution in [0.5, 0.6) is 0 Å². The molecular weight excluding hydrogens is 488 g/mol. The van der Waals surface area contributed by atoms with Gasteiger partial charge in [-0.15, -0.1) is 0 Å². The number of rotatable bonds is 14. The number of unbranched alkanes of at least 4 members (excludes halogenated alkanes) is 3. The molecule has 0 spiro atoms. The van der Waals surface area contributed by atoms with Crippen LogP contribution >= 0.6 is 0 Å². The molecule has 1 aliphatic carbocycles. The van der Waals surface area contributed by atoms with Crippen molar-refractivity contribution in [2.45, 2.75) is 83.3 Å². The van der Waals surface area contributed by atoms with Crippen molar-refractivity contribution in [2.24, 2.45) is 0 Å². The van der Waals surface area contributed by atoms with E-state index >= 15 is 0 Å². The van der Waals surface area contributed by atoms with Crippen molar-refractivity contribution < 1.29 is 14.1 Å². The molecule has 2 N–H and O–H groups in total. The van der Waals surface area contributed by atoms with Crippen LogP contribution in [0.15, 0.2) is 48.5 Å². The van der Waals surface area contributed by atoms with E-state index in [1.807, 2.05) is 36.4 Å². The maximum atomic E-state index is 12.9. The summed E-state index contributed by atoms with van der Waals surface area (Å²) in [5, 5.41) is 18.3. The second-order valence-corrected chi connectivity index (χ2v) is 11.8. The number of hydrogen-bond donors (Lipinski definition) is 2. The minimum absolute atomic E-state index is 0.0177. The molecule has 2 amide bonds. The van der Waals surface area contributed by atoms with Crippen LogP contribution in [-0.4, -0.2) is 67.7 Å². The van der Waals surface area contributed by atoms with Gasteiger partial charge in [-0.05, 0) is 94.8 Å². The highest BCUT2D eigenvalue weighted by molar-refractivity contribution is 5.95. The van der Waals surface area contributed by atoms with Crippen LogP contribution in [0.3, 0.4) is 0 Å². The first-order valence-corrected chi connectivity index (χ1v) is 14.6. The van der Waals surface area contributed by atoms with Gasteiger partial charge in [0.05, 0.1) is 20.6 Å². The molecule has 1 aliphatic rings. The summed E-state index contributed by atoms with van der Waals surface area (Å²) >= 11 is 0. The molecular formula is C32H48N4O3. The van der Waals surface area contributed by atoms with Gasteiger partial charge in [0, 0.05) is 28.8 Å². The van der Waals surface area contributed by atoms with Gasteiger partial charge in [0.25, 0.3) is 11.8 Å². The lowest BCUT2D eigenvalue weighted by Gasteiger charge is -2.30. The Morgan fingerprint density at radius 2 is 1.26 bits per heavy atom. The summed E-state index contributed by atoms with van der Waals surface area (Å²) in [6.45, 7) is 4.73. The molecule has 1 saturated carbocycles. The van der Waals surface area contributed by atoms with Crippen molar-refractivity contribution in [1.82, 2.24) is 15.7 Å². The first-order chi connectivity index (χ1) is 18.6. The topological polar surface area (TPSA) is 84.5 Å². The molecule has 2 aromatic carbocycles. The van der Waals surface area contributed by atoms with Crippen molar-refractivity contribution in [2.75, 3.05) is 34.2 Å². The minimum Gasteiger partial charge on any atom is -0.785 e. The Labute approximate surface area is 235 Å². The highest BCUT2D eigenvalue weighted by Crippen LogP contribution is 2.20. The molecule has 0 atom stereocenters. The number of nitrogens with zero attached hydrogens (tertiary/aromatic N) is 2. The average molecular weight is 537 g/mol. The van der Waals surface area contributed by atoms with E-state index in [2.05, 4.69) is 43.8 Å². The number of benzene rings is 2. The van der Waals surface area contributed by atoms with E-state index in [1.54, 1.807) is 7.05 Å². The van der Waals surface area contributed by atoms with E-state index in [1.165, 1.54) is 11.1 Å². The molecule has 2 aromatic rings. The first kappa shape index (κ1) is 30.8. The third kappa shape index (κ3) is 10.7. The van der Waals surface area contributed by atoms with Crippen LogP contribution < -0.4 is 10.6 Å². The number of carbonyl (C=O) groups is 2. The third-order valence-electron chi connectivity index (χ3n) is 7.84. The Morgan fingerprint density at radius 1 is 0.795 bits per heavy atom. The maximum Gasteiger partial charge on any atom is 0.251 e. The van der Waals surface area contributed by atoms with Gasteiger partial charge in [-0.1, -0.05) is 37.6 Å². The van der Waals surface area contributed by atoms with Gasteiger partial charge in [-0.2, -0.15) is 0 Å². The lowest BCUT2D eigenvalue weighted by atomic mass is 9.90. The predicted octanol–water partition coefficient (Wildman–Crippen LogP) is 5.29. The van der Waals surface area contributed by atoms with Crippen LogP contribution in [0.4, 0.5) is 0 Å². The van der Waals surface area contributed by atoms with Gasteiger partial charge >= 0.3 is 0 Å². The molecule has 1 fully saturated rings. The molecule has 0 radical (unpaired) electrons. The molecule has 7 nitrogen and oxygen atoms in total. The average Bonchev–Trinajstić information content (AvgIpc) is 2.91. The summed E-state index contributed by atoms with van der Waals surface area (Å²) in [6.07, 6.45) is 8.78. The lowest BCUT2D eigenvalue weighted by molar-refractivity contribution is -0.903. The quantitative estimate of drug-likeness (QED) is 0.195. The van der Waals surface area contributed by atoms with E-state index in [0.717, 1.165) is 80.4 Å². The zero-order valence-corrected chi connectivity index (χ0v) is 24.4.